The van der Waals surface area contributed by atoms with E-state index in [1.807, 2.05) is 28.8 Å². The molecular weight excluding hydrogens is 407 g/mol. The van der Waals surface area contributed by atoms with Crippen LogP contribution in [0.5, 0.6) is 0 Å². The van der Waals surface area contributed by atoms with Crippen molar-refractivity contribution < 1.29 is 4.74 Å². The van der Waals surface area contributed by atoms with E-state index < -0.39 is 0 Å². The fraction of sp³-hybridized carbons (Fsp3) is 0.533. The summed E-state index contributed by atoms with van der Waals surface area (Å²) < 4.78 is 7.60. The second-order valence-corrected chi connectivity index (χ2v) is 5.31. The summed E-state index contributed by atoms with van der Waals surface area (Å²) in [5, 5.41) is 15.0. The van der Waals surface area contributed by atoms with E-state index in [2.05, 4.69) is 25.8 Å². The van der Waals surface area contributed by atoms with Crippen molar-refractivity contribution in [3.8, 4) is 0 Å². The average Bonchev–Trinajstić information content (AvgIpc) is 3.20. The molecule has 1 fully saturated rings. The molecule has 0 radical (unpaired) electrons. The van der Waals surface area contributed by atoms with Gasteiger partial charge in [-0.15, -0.1) is 34.2 Å². The number of hydrogen-bond donors (Lipinski definition) is 2. The zero-order valence-electron chi connectivity index (χ0n) is 13.2. The lowest BCUT2D eigenvalue weighted by atomic mass is 10.2. The number of aliphatic imine (C=N–C) groups is 1. The Kier molecular flexibility index (Phi) is 7.03. The van der Waals surface area contributed by atoms with Crippen LogP contribution in [0.1, 0.15) is 18.7 Å². The maximum absolute atomic E-state index is 5.59. The van der Waals surface area contributed by atoms with Crippen LogP contribution in [0.3, 0.4) is 0 Å². The maximum Gasteiger partial charge on any atom is 0.191 e. The van der Waals surface area contributed by atoms with Crippen molar-refractivity contribution >= 4 is 35.6 Å². The summed E-state index contributed by atoms with van der Waals surface area (Å²) in [6.45, 7) is 2.42. The van der Waals surface area contributed by atoms with Gasteiger partial charge >= 0.3 is 0 Å². The van der Waals surface area contributed by atoms with Gasteiger partial charge in [-0.2, -0.15) is 0 Å². The van der Waals surface area contributed by atoms with Crippen molar-refractivity contribution in [3.63, 3.8) is 0 Å². The summed E-state index contributed by atoms with van der Waals surface area (Å²) >= 11 is 0. The highest BCUT2D eigenvalue weighted by atomic mass is 127. The molecule has 23 heavy (non-hydrogen) atoms. The van der Waals surface area contributed by atoms with Gasteiger partial charge in [0.2, 0.25) is 0 Å². The molecular formula is C15H23IN6O. The molecule has 2 aromatic heterocycles. The van der Waals surface area contributed by atoms with Gasteiger partial charge in [0.1, 0.15) is 5.82 Å². The summed E-state index contributed by atoms with van der Waals surface area (Å²) in [6.07, 6.45) is 5.34. The topological polar surface area (TPSA) is 75.8 Å². The van der Waals surface area contributed by atoms with E-state index in [4.69, 9.17) is 4.74 Å². The summed E-state index contributed by atoms with van der Waals surface area (Å²) in [7, 11) is 1.78. The number of ether oxygens (including phenoxy) is 1. The molecule has 3 heterocycles. The van der Waals surface area contributed by atoms with E-state index in [1.165, 1.54) is 0 Å². The van der Waals surface area contributed by atoms with Crippen LogP contribution >= 0.6 is 24.0 Å². The van der Waals surface area contributed by atoms with Gasteiger partial charge in [-0.1, -0.05) is 6.07 Å². The Balaban J connectivity index is 0.00000192. The summed E-state index contributed by atoms with van der Waals surface area (Å²) in [6, 6.07) is 5.89. The predicted molar refractivity (Wildman–Crippen MR) is 100 cm³/mol. The normalized spacial score (nSPS) is 18.0. The smallest absolute Gasteiger partial charge is 0.191 e. The molecule has 1 aliphatic heterocycles. The van der Waals surface area contributed by atoms with Gasteiger partial charge in [-0.3, -0.25) is 9.39 Å². The summed E-state index contributed by atoms with van der Waals surface area (Å²) in [5.41, 5.74) is 0.874. The minimum atomic E-state index is 0. The van der Waals surface area contributed by atoms with Crippen LogP contribution in [-0.2, 0) is 11.2 Å². The molecule has 8 heteroatoms. The molecule has 1 aliphatic rings. The van der Waals surface area contributed by atoms with Gasteiger partial charge in [-0.05, 0) is 25.0 Å². The lowest BCUT2D eigenvalue weighted by Gasteiger charge is -2.14. The second-order valence-electron chi connectivity index (χ2n) is 5.31. The SMILES string of the molecule is CN=C(NCCc1nnc2ccccn12)NCC1CCCO1.I. The third-order valence-electron chi connectivity index (χ3n) is 3.77. The standard InChI is InChI=1S/C15H22N6O.HI/c1-16-15(18-11-12-5-4-10-22-12)17-8-7-14-20-19-13-6-2-3-9-21(13)14;/h2-3,6,9,12H,4-5,7-8,10-11H2,1H3,(H2,16,17,18);1H. The Morgan fingerprint density at radius 3 is 3.09 bits per heavy atom. The van der Waals surface area contributed by atoms with Crippen LogP contribution in [0.15, 0.2) is 29.4 Å². The third-order valence-corrected chi connectivity index (χ3v) is 3.77. The van der Waals surface area contributed by atoms with Gasteiger partial charge in [0.25, 0.3) is 0 Å². The predicted octanol–water partition coefficient (Wildman–Crippen LogP) is 1.23. The van der Waals surface area contributed by atoms with E-state index in [1.54, 1.807) is 7.05 Å². The van der Waals surface area contributed by atoms with Crippen LogP contribution < -0.4 is 10.6 Å². The van der Waals surface area contributed by atoms with Crippen molar-refractivity contribution in [1.82, 2.24) is 25.2 Å². The largest absolute Gasteiger partial charge is 0.376 e. The van der Waals surface area contributed by atoms with Gasteiger partial charge in [-0.25, -0.2) is 0 Å². The van der Waals surface area contributed by atoms with E-state index in [9.17, 15) is 0 Å². The first-order chi connectivity index (χ1) is 10.9. The molecule has 7 nitrogen and oxygen atoms in total. The van der Waals surface area contributed by atoms with Crippen molar-refractivity contribution in [3.05, 3.63) is 30.2 Å². The van der Waals surface area contributed by atoms with Gasteiger partial charge in [0, 0.05) is 39.4 Å². The zero-order chi connectivity index (χ0) is 15.2. The second kappa shape index (κ2) is 9.02. The number of nitrogens with zero attached hydrogens (tertiary/aromatic N) is 4. The van der Waals surface area contributed by atoms with E-state index in [0.29, 0.717) is 6.10 Å². The molecule has 0 aromatic carbocycles. The number of halogens is 1. The summed E-state index contributed by atoms with van der Waals surface area (Å²) in [4.78, 5) is 4.23. The number of rotatable bonds is 5. The molecule has 1 atom stereocenters. The molecule has 0 bridgehead atoms. The maximum atomic E-state index is 5.59. The van der Waals surface area contributed by atoms with Crippen LogP contribution in [-0.4, -0.2) is 53.4 Å². The highest BCUT2D eigenvalue weighted by Crippen LogP contribution is 2.10. The number of guanidine groups is 1. The molecule has 1 saturated heterocycles. The Morgan fingerprint density at radius 2 is 2.30 bits per heavy atom. The van der Waals surface area contributed by atoms with E-state index >= 15 is 0 Å². The van der Waals surface area contributed by atoms with Crippen molar-refractivity contribution in [2.24, 2.45) is 4.99 Å². The Hall–Kier alpha value is -1.42. The molecule has 1 unspecified atom stereocenters. The number of fused-ring (bicyclic) bond motifs is 1. The third kappa shape index (κ3) is 4.77. The van der Waals surface area contributed by atoms with Crippen LogP contribution in [0.2, 0.25) is 0 Å². The fourth-order valence-electron chi connectivity index (χ4n) is 2.59. The van der Waals surface area contributed by atoms with Crippen LogP contribution in [0.4, 0.5) is 0 Å². The lowest BCUT2D eigenvalue weighted by Crippen LogP contribution is -2.41. The van der Waals surface area contributed by atoms with Crippen LogP contribution in [0, 0.1) is 0 Å². The molecule has 3 rings (SSSR count). The van der Waals surface area contributed by atoms with Crippen molar-refractivity contribution in [2.45, 2.75) is 25.4 Å². The van der Waals surface area contributed by atoms with Gasteiger partial charge < -0.3 is 15.4 Å². The highest BCUT2D eigenvalue weighted by molar-refractivity contribution is 14.0. The zero-order valence-corrected chi connectivity index (χ0v) is 15.6. The summed E-state index contributed by atoms with van der Waals surface area (Å²) in [5.74, 6) is 1.74. The molecule has 0 spiro atoms. The monoisotopic (exact) mass is 430 g/mol. The van der Waals surface area contributed by atoms with E-state index in [-0.39, 0.29) is 24.0 Å². The first-order valence-electron chi connectivity index (χ1n) is 7.71. The first kappa shape index (κ1) is 17.9. The fourth-order valence-corrected chi connectivity index (χ4v) is 2.59. The number of pyridine rings is 1. The van der Waals surface area contributed by atoms with Crippen molar-refractivity contribution in [2.75, 3.05) is 26.7 Å². The van der Waals surface area contributed by atoms with Gasteiger partial charge in [0.05, 0.1) is 6.10 Å². The average molecular weight is 430 g/mol. The molecule has 126 valence electrons. The molecule has 2 N–H and O–H groups in total. The first-order valence-corrected chi connectivity index (χ1v) is 7.71. The number of aromatic nitrogens is 3. The minimum absolute atomic E-state index is 0. The molecule has 2 aromatic rings. The number of hydrogen-bond acceptors (Lipinski definition) is 4. The van der Waals surface area contributed by atoms with Crippen molar-refractivity contribution in [1.29, 1.82) is 0 Å². The van der Waals surface area contributed by atoms with Gasteiger partial charge in [0.15, 0.2) is 11.6 Å². The van der Waals surface area contributed by atoms with Crippen LogP contribution in [0.25, 0.3) is 5.65 Å². The lowest BCUT2D eigenvalue weighted by molar-refractivity contribution is 0.114. The minimum Gasteiger partial charge on any atom is -0.376 e. The Morgan fingerprint density at radius 1 is 1.39 bits per heavy atom. The number of nitrogens with one attached hydrogen (secondary N) is 2. The highest BCUT2D eigenvalue weighted by Gasteiger charge is 2.15. The molecule has 0 aliphatic carbocycles. The Labute approximate surface area is 152 Å². The quantitative estimate of drug-likeness (QED) is 0.424. The Bertz CT molecular complexity index is 638. The molecule has 0 amide bonds. The van der Waals surface area contributed by atoms with E-state index in [0.717, 1.165) is 56.4 Å². The molecule has 0 saturated carbocycles.